The van der Waals surface area contributed by atoms with Crippen LogP contribution in [0.2, 0.25) is 0 Å². The minimum Gasteiger partial charge on any atom is -0.490 e. The van der Waals surface area contributed by atoms with Crippen LogP contribution in [-0.4, -0.2) is 59.5 Å². The van der Waals surface area contributed by atoms with Crippen molar-refractivity contribution < 1.29 is 24.0 Å². The number of rotatable bonds is 12. The van der Waals surface area contributed by atoms with Gasteiger partial charge in [0.25, 0.3) is 5.69 Å². The standard InChI is InChI=1S/C34H35N3O6/c1-41-23-29-21-32(43-35-29)14-12-28-20-30(37(39)40)13-15-33(28)42-24-31(38)22-36-18-16-27(17-19-36)34(25-8-4-2-5-9-25)26-10-6-3-7-11-26/h2-15,20-21,31,38H,16-19,22-24H2,1H3/b14-12+. The maximum Gasteiger partial charge on any atom is 0.270 e. The smallest absolute Gasteiger partial charge is 0.270 e. The predicted octanol–water partition coefficient (Wildman–Crippen LogP) is 6.24. The zero-order valence-electron chi connectivity index (χ0n) is 24.1. The molecule has 1 N–H and O–H groups in total. The Morgan fingerprint density at radius 2 is 1.70 bits per heavy atom. The SMILES string of the molecule is COCc1cc(/C=C/c2cc([N+](=O)[O-])ccc2OCC(O)CN2CCC(=C(c3ccccc3)c3ccccc3)CC2)on1. The summed E-state index contributed by atoms with van der Waals surface area (Å²) >= 11 is 0. The van der Waals surface area contributed by atoms with E-state index in [4.69, 9.17) is 14.0 Å². The van der Waals surface area contributed by atoms with E-state index in [1.165, 1.54) is 34.4 Å². The van der Waals surface area contributed by atoms with Crippen LogP contribution in [0.4, 0.5) is 5.69 Å². The molecule has 1 aliphatic rings. The van der Waals surface area contributed by atoms with Crippen LogP contribution in [-0.2, 0) is 11.3 Å². The molecule has 0 bridgehead atoms. The van der Waals surface area contributed by atoms with Gasteiger partial charge in [-0.05, 0) is 47.8 Å². The number of hydrogen-bond donors (Lipinski definition) is 1. The van der Waals surface area contributed by atoms with E-state index in [0.29, 0.717) is 35.9 Å². The van der Waals surface area contributed by atoms with Crippen molar-refractivity contribution in [3.8, 4) is 5.75 Å². The number of methoxy groups -OCH3 is 1. The van der Waals surface area contributed by atoms with Gasteiger partial charge in [-0.15, -0.1) is 0 Å². The number of benzene rings is 3. The first-order valence-corrected chi connectivity index (χ1v) is 14.3. The number of hydrogen-bond acceptors (Lipinski definition) is 8. The van der Waals surface area contributed by atoms with Crippen molar-refractivity contribution in [2.75, 3.05) is 33.4 Å². The van der Waals surface area contributed by atoms with Gasteiger partial charge in [0.15, 0.2) is 5.76 Å². The van der Waals surface area contributed by atoms with E-state index in [9.17, 15) is 15.2 Å². The summed E-state index contributed by atoms with van der Waals surface area (Å²) in [4.78, 5) is 13.2. The van der Waals surface area contributed by atoms with E-state index in [-0.39, 0.29) is 12.3 Å². The summed E-state index contributed by atoms with van der Waals surface area (Å²) in [5.74, 6) is 0.905. The average molecular weight is 582 g/mol. The van der Waals surface area contributed by atoms with Crippen LogP contribution >= 0.6 is 0 Å². The molecule has 1 saturated heterocycles. The van der Waals surface area contributed by atoms with Gasteiger partial charge < -0.3 is 19.1 Å². The van der Waals surface area contributed by atoms with Crippen LogP contribution in [0.15, 0.2) is 95.0 Å². The lowest BCUT2D eigenvalue weighted by molar-refractivity contribution is -0.384. The van der Waals surface area contributed by atoms with E-state index >= 15 is 0 Å². The van der Waals surface area contributed by atoms with Crippen molar-refractivity contribution in [3.05, 3.63) is 129 Å². The second kappa shape index (κ2) is 14.6. The van der Waals surface area contributed by atoms with Gasteiger partial charge in [0, 0.05) is 50.5 Å². The maximum absolute atomic E-state index is 11.4. The first kappa shape index (κ1) is 29.9. The fourth-order valence-electron chi connectivity index (χ4n) is 5.28. The molecule has 4 aromatic rings. The molecular formula is C34H35N3O6. The average Bonchev–Trinajstić information content (AvgIpc) is 3.48. The number of piperidine rings is 1. The molecule has 1 fully saturated rings. The topological polar surface area (TPSA) is 111 Å². The Labute approximate surface area is 250 Å². The van der Waals surface area contributed by atoms with Crippen LogP contribution in [0.1, 0.15) is 41.0 Å². The van der Waals surface area contributed by atoms with Crippen LogP contribution in [0.25, 0.3) is 17.7 Å². The van der Waals surface area contributed by atoms with E-state index < -0.39 is 11.0 Å². The van der Waals surface area contributed by atoms with Crippen molar-refractivity contribution in [2.45, 2.75) is 25.6 Å². The highest BCUT2D eigenvalue weighted by Gasteiger charge is 2.21. The predicted molar refractivity (Wildman–Crippen MR) is 165 cm³/mol. The first-order valence-electron chi connectivity index (χ1n) is 14.3. The summed E-state index contributed by atoms with van der Waals surface area (Å²) in [7, 11) is 1.57. The molecule has 1 aliphatic heterocycles. The zero-order chi connectivity index (χ0) is 30.0. The minimum atomic E-state index is -0.730. The molecule has 1 unspecified atom stereocenters. The molecule has 9 heteroatoms. The summed E-state index contributed by atoms with van der Waals surface area (Å²) in [6, 6.07) is 27.1. The number of aliphatic hydroxyl groups excluding tert-OH is 1. The largest absolute Gasteiger partial charge is 0.490 e. The molecule has 0 spiro atoms. The number of likely N-dealkylation sites (tertiary alicyclic amines) is 1. The Bertz CT molecular complexity index is 1510. The summed E-state index contributed by atoms with van der Waals surface area (Å²) in [6.07, 6.45) is 4.43. The lowest BCUT2D eigenvalue weighted by Crippen LogP contribution is -2.39. The number of non-ortho nitro benzene ring substituents is 1. The number of aliphatic hydroxyl groups is 1. The van der Waals surface area contributed by atoms with Gasteiger partial charge >= 0.3 is 0 Å². The van der Waals surface area contributed by atoms with Crippen LogP contribution in [0, 0.1) is 10.1 Å². The highest BCUT2D eigenvalue weighted by Crippen LogP contribution is 2.32. The number of aromatic nitrogens is 1. The summed E-state index contributed by atoms with van der Waals surface area (Å²) in [5.41, 5.74) is 6.22. The Kier molecular flexibility index (Phi) is 10.1. The second-order valence-corrected chi connectivity index (χ2v) is 10.4. The summed E-state index contributed by atoms with van der Waals surface area (Å²) in [5, 5.41) is 26.1. The molecule has 5 rings (SSSR count). The molecule has 222 valence electrons. The fraction of sp³-hybridized carbons (Fsp3) is 0.265. The van der Waals surface area contributed by atoms with Crippen molar-refractivity contribution in [1.82, 2.24) is 10.1 Å². The van der Waals surface area contributed by atoms with Gasteiger partial charge in [-0.3, -0.25) is 15.0 Å². The molecule has 2 heterocycles. The molecule has 3 aromatic carbocycles. The summed E-state index contributed by atoms with van der Waals surface area (Å²) < 4.78 is 16.3. The lowest BCUT2D eigenvalue weighted by Gasteiger charge is -2.31. The van der Waals surface area contributed by atoms with Gasteiger partial charge in [0.2, 0.25) is 0 Å². The molecule has 43 heavy (non-hydrogen) atoms. The molecule has 0 aliphatic carbocycles. The van der Waals surface area contributed by atoms with Crippen LogP contribution in [0.5, 0.6) is 5.75 Å². The van der Waals surface area contributed by atoms with Gasteiger partial charge in [-0.25, -0.2) is 0 Å². The summed E-state index contributed by atoms with van der Waals surface area (Å²) in [6.45, 7) is 2.51. The van der Waals surface area contributed by atoms with E-state index in [0.717, 1.165) is 25.9 Å². The normalized spacial score (nSPS) is 14.6. The molecule has 9 nitrogen and oxygen atoms in total. The number of nitro groups is 1. The number of ether oxygens (including phenoxy) is 2. The number of β-amino-alcohol motifs (C(OH)–C–C–N with tert-alkyl or cyclic N) is 1. The molecule has 1 atom stereocenters. The van der Waals surface area contributed by atoms with Crippen molar-refractivity contribution >= 4 is 23.4 Å². The van der Waals surface area contributed by atoms with Gasteiger partial charge in [-0.1, -0.05) is 71.4 Å². The third-order valence-corrected chi connectivity index (χ3v) is 7.34. The fourth-order valence-corrected chi connectivity index (χ4v) is 5.28. The Morgan fingerprint density at radius 3 is 2.33 bits per heavy atom. The van der Waals surface area contributed by atoms with Crippen molar-refractivity contribution in [2.24, 2.45) is 0 Å². The second-order valence-electron chi connectivity index (χ2n) is 10.4. The quantitative estimate of drug-likeness (QED) is 0.155. The third-order valence-electron chi connectivity index (χ3n) is 7.34. The maximum atomic E-state index is 11.4. The van der Waals surface area contributed by atoms with Crippen LogP contribution in [0.3, 0.4) is 0 Å². The zero-order valence-corrected chi connectivity index (χ0v) is 24.1. The highest BCUT2D eigenvalue weighted by molar-refractivity contribution is 5.82. The van der Waals surface area contributed by atoms with E-state index in [1.807, 2.05) is 12.1 Å². The Balaban J connectivity index is 1.21. The van der Waals surface area contributed by atoms with Gasteiger partial charge in [0.05, 0.1) is 11.5 Å². The van der Waals surface area contributed by atoms with Gasteiger partial charge in [0.1, 0.15) is 24.2 Å². The highest BCUT2D eigenvalue weighted by atomic mass is 16.6. The molecule has 0 radical (unpaired) electrons. The van der Waals surface area contributed by atoms with Crippen molar-refractivity contribution in [1.29, 1.82) is 0 Å². The number of nitrogens with zero attached hydrogens (tertiary/aromatic N) is 3. The van der Waals surface area contributed by atoms with Gasteiger partial charge in [-0.2, -0.15) is 0 Å². The first-order chi connectivity index (χ1) is 21.0. The monoisotopic (exact) mass is 581 g/mol. The number of nitro benzene ring substituents is 1. The lowest BCUT2D eigenvalue weighted by atomic mass is 9.88. The molecule has 0 saturated carbocycles. The van der Waals surface area contributed by atoms with E-state index in [2.05, 4.69) is 58.6 Å². The van der Waals surface area contributed by atoms with E-state index in [1.54, 1.807) is 31.4 Å². The molecule has 0 amide bonds. The Hall–Kier alpha value is -4.57. The molecule has 1 aromatic heterocycles. The molecular weight excluding hydrogens is 546 g/mol. The third kappa shape index (κ3) is 8.04. The Morgan fingerprint density at radius 1 is 1.02 bits per heavy atom. The minimum absolute atomic E-state index is 0.0530. The van der Waals surface area contributed by atoms with Crippen LogP contribution < -0.4 is 4.74 Å². The van der Waals surface area contributed by atoms with Crippen molar-refractivity contribution in [3.63, 3.8) is 0 Å².